The average molecular weight is 525 g/mol. The van der Waals surface area contributed by atoms with Crippen LogP contribution in [0.4, 0.5) is 0 Å². The number of carbonyl (C=O) groups excluding carboxylic acids is 3. The minimum absolute atomic E-state index is 0.162. The normalized spacial score (nSPS) is 13.4. The summed E-state index contributed by atoms with van der Waals surface area (Å²) < 4.78 is 11.5. The van der Waals surface area contributed by atoms with E-state index in [-0.39, 0.29) is 18.2 Å². The highest BCUT2D eigenvalue weighted by molar-refractivity contribution is 5.92. The third-order valence-electron chi connectivity index (χ3n) is 5.63. The number of amides is 2. The highest BCUT2D eigenvalue weighted by Gasteiger charge is 2.32. The molecule has 0 radical (unpaired) electrons. The molecule has 0 aliphatic rings. The first-order valence-electron chi connectivity index (χ1n) is 13.2. The number of rotatable bonds is 11. The van der Waals surface area contributed by atoms with Gasteiger partial charge in [-0.1, -0.05) is 77.1 Å². The van der Waals surface area contributed by atoms with Gasteiger partial charge >= 0.3 is 5.97 Å². The number of hydrogen-bond donors (Lipinski definition) is 2. The molecule has 0 fully saturated rings. The first kappa shape index (κ1) is 30.9. The molecule has 2 unspecified atom stereocenters. The zero-order valence-corrected chi connectivity index (χ0v) is 24.1. The van der Waals surface area contributed by atoms with E-state index in [1.807, 2.05) is 68.4 Å². The van der Waals surface area contributed by atoms with Crippen LogP contribution in [0.1, 0.15) is 72.9 Å². The second-order valence-electron chi connectivity index (χ2n) is 12.1. The summed E-state index contributed by atoms with van der Waals surface area (Å²) in [6.07, 6.45) is 0.684. The monoisotopic (exact) mass is 524 g/mol. The fraction of sp³-hybridized carbons (Fsp3) is 0.516. The van der Waals surface area contributed by atoms with Gasteiger partial charge in [0.25, 0.3) is 0 Å². The summed E-state index contributed by atoms with van der Waals surface area (Å²) in [5, 5.41) is 5.71. The molecule has 7 heteroatoms. The van der Waals surface area contributed by atoms with Crippen LogP contribution in [0.15, 0.2) is 54.6 Å². The zero-order chi connectivity index (χ0) is 28.5. The van der Waals surface area contributed by atoms with Gasteiger partial charge in [-0.3, -0.25) is 9.59 Å². The highest BCUT2D eigenvalue weighted by atomic mass is 16.6. The fourth-order valence-corrected chi connectivity index (χ4v) is 3.61. The van der Waals surface area contributed by atoms with Crippen LogP contribution in [0.25, 0.3) is 0 Å². The molecule has 2 aromatic rings. The molecular formula is C31H44N2O5. The number of hydrogen-bond acceptors (Lipinski definition) is 5. The molecule has 7 nitrogen and oxygen atoms in total. The fourth-order valence-electron chi connectivity index (χ4n) is 3.61. The Morgan fingerprint density at radius 3 is 1.92 bits per heavy atom. The molecule has 0 heterocycles. The Morgan fingerprint density at radius 1 is 0.789 bits per heavy atom. The van der Waals surface area contributed by atoms with Gasteiger partial charge in [0.15, 0.2) is 0 Å². The maximum Gasteiger partial charge on any atom is 0.329 e. The summed E-state index contributed by atoms with van der Waals surface area (Å²) >= 11 is 0. The van der Waals surface area contributed by atoms with E-state index >= 15 is 0 Å². The lowest BCUT2D eigenvalue weighted by Gasteiger charge is -2.28. The lowest BCUT2D eigenvalue weighted by atomic mass is 9.94. The van der Waals surface area contributed by atoms with Crippen molar-refractivity contribution < 1.29 is 23.9 Å². The van der Waals surface area contributed by atoms with E-state index in [4.69, 9.17) is 9.47 Å². The van der Waals surface area contributed by atoms with Crippen LogP contribution < -0.4 is 15.4 Å². The molecule has 38 heavy (non-hydrogen) atoms. The van der Waals surface area contributed by atoms with Crippen molar-refractivity contribution in [3.63, 3.8) is 0 Å². The van der Waals surface area contributed by atoms with Crippen molar-refractivity contribution in [1.82, 2.24) is 10.6 Å². The maximum absolute atomic E-state index is 13.3. The van der Waals surface area contributed by atoms with Gasteiger partial charge in [0.1, 0.15) is 30.0 Å². The van der Waals surface area contributed by atoms with Gasteiger partial charge < -0.3 is 20.1 Å². The molecule has 2 N–H and O–H groups in total. The van der Waals surface area contributed by atoms with Gasteiger partial charge in [0.2, 0.25) is 11.8 Å². The molecule has 2 amide bonds. The van der Waals surface area contributed by atoms with Crippen molar-refractivity contribution in [3.8, 4) is 5.75 Å². The third kappa shape index (κ3) is 11.0. The van der Waals surface area contributed by atoms with Crippen molar-refractivity contribution >= 4 is 17.8 Å². The van der Waals surface area contributed by atoms with Gasteiger partial charge in [-0.05, 0) is 56.4 Å². The Balaban J connectivity index is 2.16. The Hall–Kier alpha value is -3.35. The standard InChI is InChI=1S/C31H44N2O5/c1-21(2)18-25(33-29(36)30(3,4)5)27(34)32-26(28(35)38-31(6,7)8)19-22-14-16-24(17-15-22)37-20-23-12-10-9-11-13-23/h9-17,21,25-26H,18-20H2,1-8H3,(H,32,34)(H,33,36). The molecule has 0 spiro atoms. The minimum atomic E-state index is -0.918. The molecule has 0 bridgehead atoms. The predicted molar refractivity (Wildman–Crippen MR) is 150 cm³/mol. The van der Waals surface area contributed by atoms with E-state index in [2.05, 4.69) is 10.6 Å². The van der Waals surface area contributed by atoms with Gasteiger partial charge in [-0.15, -0.1) is 0 Å². The molecule has 2 rings (SSSR count). The lowest BCUT2D eigenvalue weighted by molar-refractivity contribution is -0.158. The molecule has 0 saturated heterocycles. The average Bonchev–Trinajstić information content (AvgIpc) is 2.81. The van der Waals surface area contributed by atoms with Crippen LogP contribution in [-0.4, -0.2) is 35.5 Å². The Kier molecular flexibility index (Phi) is 10.9. The smallest absolute Gasteiger partial charge is 0.329 e. The third-order valence-corrected chi connectivity index (χ3v) is 5.63. The van der Waals surface area contributed by atoms with E-state index in [1.165, 1.54) is 0 Å². The number of esters is 1. The molecule has 0 aliphatic heterocycles. The summed E-state index contributed by atoms with van der Waals surface area (Å²) in [6.45, 7) is 15.2. The minimum Gasteiger partial charge on any atom is -0.489 e. The largest absolute Gasteiger partial charge is 0.489 e. The van der Waals surface area contributed by atoms with E-state index in [9.17, 15) is 14.4 Å². The molecule has 0 saturated carbocycles. The predicted octanol–water partition coefficient (Wildman–Crippen LogP) is 5.21. The van der Waals surface area contributed by atoms with Crippen molar-refractivity contribution in [2.24, 2.45) is 11.3 Å². The van der Waals surface area contributed by atoms with Crippen LogP contribution in [0.3, 0.4) is 0 Å². The van der Waals surface area contributed by atoms with Crippen LogP contribution in [0, 0.1) is 11.3 Å². The van der Waals surface area contributed by atoms with Gasteiger partial charge in [0, 0.05) is 11.8 Å². The van der Waals surface area contributed by atoms with Crippen molar-refractivity contribution in [3.05, 3.63) is 65.7 Å². The Morgan fingerprint density at radius 2 is 1.39 bits per heavy atom. The lowest BCUT2D eigenvalue weighted by Crippen LogP contribution is -2.55. The van der Waals surface area contributed by atoms with Gasteiger partial charge in [-0.25, -0.2) is 4.79 Å². The SMILES string of the molecule is CC(C)CC(NC(=O)C(C)(C)C)C(=O)NC(Cc1ccc(OCc2ccccc2)cc1)C(=O)OC(C)(C)C. The van der Waals surface area contributed by atoms with E-state index < -0.39 is 35.0 Å². The van der Waals surface area contributed by atoms with Gasteiger partial charge in [0.05, 0.1) is 0 Å². The second-order valence-corrected chi connectivity index (χ2v) is 12.1. The van der Waals surface area contributed by atoms with Crippen LogP contribution >= 0.6 is 0 Å². The second kappa shape index (κ2) is 13.4. The quantitative estimate of drug-likeness (QED) is 0.394. The van der Waals surface area contributed by atoms with Crippen molar-refractivity contribution in [2.75, 3.05) is 0 Å². The van der Waals surface area contributed by atoms with Crippen LogP contribution in [-0.2, 0) is 32.1 Å². The van der Waals surface area contributed by atoms with Crippen molar-refractivity contribution in [1.29, 1.82) is 0 Å². The summed E-state index contributed by atoms with van der Waals surface area (Å²) in [5.74, 6) is -0.291. The Bertz CT molecular complexity index is 1050. The van der Waals surface area contributed by atoms with E-state index in [0.717, 1.165) is 11.1 Å². The molecule has 208 valence electrons. The first-order chi connectivity index (χ1) is 17.6. The van der Waals surface area contributed by atoms with Gasteiger partial charge in [-0.2, -0.15) is 0 Å². The molecule has 2 atom stereocenters. The summed E-state index contributed by atoms with van der Waals surface area (Å²) in [6, 6.07) is 15.6. The summed E-state index contributed by atoms with van der Waals surface area (Å²) in [7, 11) is 0. The maximum atomic E-state index is 13.3. The number of carbonyl (C=O) groups is 3. The number of ether oxygens (including phenoxy) is 2. The Labute approximate surface area is 227 Å². The number of benzene rings is 2. The summed E-state index contributed by atoms with van der Waals surface area (Å²) in [4.78, 5) is 39.1. The topological polar surface area (TPSA) is 93.7 Å². The summed E-state index contributed by atoms with van der Waals surface area (Å²) in [5.41, 5.74) is 0.545. The van der Waals surface area contributed by atoms with E-state index in [1.54, 1.807) is 41.5 Å². The van der Waals surface area contributed by atoms with Crippen molar-refractivity contribution in [2.45, 2.75) is 92.5 Å². The number of nitrogens with one attached hydrogen (secondary N) is 2. The molecule has 2 aromatic carbocycles. The van der Waals surface area contributed by atoms with Crippen LogP contribution in [0.5, 0.6) is 5.75 Å². The molecule has 0 aliphatic carbocycles. The van der Waals surface area contributed by atoms with E-state index in [0.29, 0.717) is 18.8 Å². The highest BCUT2D eigenvalue weighted by Crippen LogP contribution is 2.18. The zero-order valence-electron chi connectivity index (χ0n) is 24.1. The molecular weight excluding hydrogens is 480 g/mol. The first-order valence-corrected chi connectivity index (χ1v) is 13.2. The van der Waals surface area contributed by atoms with Crippen LogP contribution in [0.2, 0.25) is 0 Å². The molecule has 0 aromatic heterocycles.